The summed E-state index contributed by atoms with van der Waals surface area (Å²) >= 11 is 0. The van der Waals surface area contributed by atoms with Crippen molar-refractivity contribution >= 4 is 17.7 Å². The van der Waals surface area contributed by atoms with Crippen molar-refractivity contribution in [3.63, 3.8) is 0 Å². The highest BCUT2D eigenvalue weighted by Crippen LogP contribution is 2.25. The molecule has 7 heteroatoms. The molecule has 110 valence electrons. The van der Waals surface area contributed by atoms with E-state index in [1.165, 1.54) is 25.3 Å². The van der Waals surface area contributed by atoms with Crippen molar-refractivity contribution in [1.82, 2.24) is 5.32 Å². The van der Waals surface area contributed by atoms with Crippen LogP contribution >= 0.6 is 0 Å². The van der Waals surface area contributed by atoms with Gasteiger partial charge in [-0.15, -0.1) is 0 Å². The van der Waals surface area contributed by atoms with Gasteiger partial charge in [-0.1, -0.05) is 0 Å². The third-order valence-electron chi connectivity index (χ3n) is 2.43. The van der Waals surface area contributed by atoms with Gasteiger partial charge in [-0.25, -0.2) is 9.59 Å². The number of carbonyl (C=O) groups is 2. The molecule has 0 spiro atoms. The van der Waals surface area contributed by atoms with Crippen molar-refractivity contribution < 1.29 is 24.2 Å². The van der Waals surface area contributed by atoms with Crippen LogP contribution in [0, 0.1) is 0 Å². The lowest BCUT2D eigenvalue weighted by Crippen LogP contribution is -2.31. The first-order valence-corrected chi connectivity index (χ1v) is 6.12. The summed E-state index contributed by atoms with van der Waals surface area (Å²) in [6, 6.07) is 3.77. The largest absolute Gasteiger partial charge is 0.495 e. The molecule has 20 heavy (non-hydrogen) atoms. The highest BCUT2D eigenvalue weighted by Gasteiger charge is 2.11. The van der Waals surface area contributed by atoms with Crippen LogP contribution in [-0.2, 0) is 4.74 Å². The van der Waals surface area contributed by atoms with Crippen LogP contribution in [0.25, 0.3) is 0 Å². The van der Waals surface area contributed by atoms with Crippen molar-refractivity contribution in [2.45, 2.75) is 6.92 Å². The first-order valence-electron chi connectivity index (χ1n) is 6.12. The van der Waals surface area contributed by atoms with Gasteiger partial charge in [0.25, 0.3) is 0 Å². The van der Waals surface area contributed by atoms with Gasteiger partial charge in [0.2, 0.25) is 0 Å². The highest BCUT2D eigenvalue weighted by atomic mass is 16.5. The highest BCUT2D eigenvalue weighted by molar-refractivity contribution is 5.94. The van der Waals surface area contributed by atoms with Crippen LogP contribution in [0.15, 0.2) is 18.2 Å². The minimum atomic E-state index is -1.08. The van der Waals surface area contributed by atoms with Crippen molar-refractivity contribution in [2.24, 2.45) is 0 Å². The average molecular weight is 282 g/mol. The average Bonchev–Trinajstić information content (AvgIpc) is 2.43. The van der Waals surface area contributed by atoms with E-state index in [1.54, 1.807) is 0 Å². The molecule has 0 heterocycles. The van der Waals surface area contributed by atoms with Crippen LogP contribution in [-0.4, -0.2) is 44.0 Å². The van der Waals surface area contributed by atoms with E-state index < -0.39 is 12.0 Å². The van der Waals surface area contributed by atoms with Crippen LogP contribution in [0.3, 0.4) is 0 Å². The van der Waals surface area contributed by atoms with E-state index in [0.717, 1.165) is 0 Å². The number of carboxylic acids is 1. The molecule has 0 aliphatic carbocycles. The number of aromatic carboxylic acids is 1. The maximum atomic E-state index is 11.6. The molecule has 7 nitrogen and oxygen atoms in total. The summed E-state index contributed by atoms with van der Waals surface area (Å²) in [7, 11) is 1.44. The lowest BCUT2D eigenvalue weighted by atomic mass is 10.2. The lowest BCUT2D eigenvalue weighted by Gasteiger charge is -2.12. The van der Waals surface area contributed by atoms with Gasteiger partial charge in [0.05, 0.1) is 25.0 Å². The summed E-state index contributed by atoms with van der Waals surface area (Å²) in [6.45, 7) is 3.22. The second kappa shape index (κ2) is 8.00. The molecule has 3 N–H and O–H groups in total. The summed E-state index contributed by atoms with van der Waals surface area (Å²) in [6.07, 6.45) is 0. The van der Waals surface area contributed by atoms with Gasteiger partial charge in [0.15, 0.2) is 0 Å². The number of methoxy groups -OCH3 is 1. The molecule has 0 saturated heterocycles. The lowest BCUT2D eigenvalue weighted by molar-refractivity contribution is 0.0697. The number of anilines is 1. The number of hydrogen-bond acceptors (Lipinski definition) is 4. The minimum Gasteiger partial charge on any atom is -0.495 e. The third kappa shape index (κ3) is 4.77. The van der Waals surface area contributed by atoms with E-state index in [-0.39, 0.29) is 5.56 Å². The van der Waals surface area contributed by atoms with Crippen LogP contribution in [0.1, 0.15) is 17.3 Å². The maximum Gasteiger partial charge on any atom is 0.335 e. The molecule has 0 atom stereocenters. The zero-order chi connectivity index (χ0) is 15.0. The molecule has 0 unspecified atom stereocenters. The Morgan fingerprint density at radius 3 is 2.70 bits per heavy atom. The maximum absolute atomic E-state index is 11.6. The number of carbonyl (C=O) groups excluding carboxylic acids is 1. The molecule has 1 aromatic carbocycles. The fourth-order valence-corrected chi connectivity index (χ4v) is 1.49. The standard InChI is InChI=1S/C13H18N2O5/c1-3-20-7-6-14-13(18)15-10-8-9(12(16)17)4-5-11(10)19-2/h4-5,8H,3,6-7H2,1-2H3,(H,16,17)(H2,14,15,18). The van der Waals surface area contributed by atoms with Crippen molar-refractivity contribution in [3.05, 3.63) is 23.8 Å². The van der Waals surface area contributed by atoms with Crippen molar-refractivity contribution in [1.29, 1.82) is 0 Å². The Bertz CT molecular complexity index is 476. The van der Waals surface area contributed by atoms with Crippen LogP contribution in [0.5, 0.6) is 5.75 Å². The fourth-order valence-electron chi connectivity index (χ4n) is 1.49. The Balaban J connectivity index is 2.67. The third-order valence-corrected chi connectivity index (χ3v) is 2.43. The number of nitrogens with one attached hydrogen (secondary N) is 2. The summed E-state index contributed by atoms with van der Waals surface area (Å²) in [4.78, 5) is 22.5. The molecule has 1 aromatic rings. The molecule has 0 aliphatic rings. The summed E-state index contributed by atoms with van der Waals surface area (Å²) in [5.74, 6) is -0.692. The Labute approximate surface area is 116 Å². The Morgan fingerprint density at radius 2 is 2.10 bits per heavy atom. The van der Waals surface area contributed by atoms with Crippen LogP contribution in [0.2, 0.25) is 0 Å². The van der Waals surface area contributed by atoms with E-state index in [1.807, 2.05) is 6.92 Å². The second-order valence-corrected chi connectivity index (χ2v) is 3.80. The molecular weight excluding hydrogens is 264 g/mol. The zero-order valence-electron chi connectivity index (χ0n) is 11.4. The van der Waals surface area contributed by atoms with E-state index in [9.17, 15) is 9.59 Å². The van der Waals surface area contributed by atoms with E-state index in [4.69, 9.17) is 14.6 Å². The Morgan fingerprint density at radius 1 is 1.35 bits per heavy atom. The number of ether oxygens (including phenoxy) is 2. The molecule has 0 saturated carbocycles. The SMILES string of the molecule is CCOCCNC(=O)Nc1cc(C(=O)O)ccc1OC. The molecule has 2 amide bonds. The van der Waals surface area contributed by atoms with Crippen molar-refractivity contribution in [2.75, 3.05) is 32.2 Å². The second-order valence-electron chi connectivity index (χ2n) is 3.80. The number of hydrogen-bond donors (Lipinski definition) is 3. The molecule has 0 radical (unpaired) electrons. The zero-order valence-corrected chi connectivity index (χ0v) is 11.4. The predicted molar refractivity (Wildman–Crippen MR) is 73.5 cm³/mol. The Hall–Kier alpha value is -2.28. The minimum absolute atomic E-state index is 0.0652. The monoisotopic (exact) mass is 282 g/mol. The first kappa shape index (κ1) is 15.8. The first-order chi connectivity index (χ1) is 9.58. The number of carboxylic acid groups (broad SMARTS) is 1. The van der Waals surface area contributed by atoms with Gasteiger partial charge in [0, 0.05) is 13.2 Å². The van der Waals surface area contributed by atoms with E-state index in [2.05, 4.69) is 10.6 Å². The van der Waals surface area contributed by atoms with Crippen LogP contribution < -0.4 is 15.4 Å². The summed E-state index contributed by atoms with van der Waals surface area (Å²) < 4.78 is 10.1. The van der Waals surface area contributed by atoms with E-state index in [0.29, 0.717) is 31.2 Å². The smallest absolute Gasteiger partial charge is 0.335 e. The van der Waals surface area contributed by atoms with E-state index >= 15 is 0 Å². The quantitative estimate of drug-likeness (QED) is 0.659. The molecule has 0 fully saturated rings. The molecule has 0 aromatic heterocycles. The Kier molecular flexibility index (Phi) is 6.31. The van der Waals surface area contributed by atoms with Gasteiger partial charge in [0.1, 0.15) is 5.75 Å². The van der Waals surface area contributed by atoms with Gasteiger partial charge in [-0.3, -0.25) is 0 Å². The number of urea groups is 1. The normalized spacial score (nSPS) is 9.90. The topological polar surface area (TPSA) is 96.9 Å². The van der Waals surface area contributed by atoms with Gasteiger partial charge in [-0.05, 0) is 25.1 Å². The molecule has 0 bridgehead atoms. The summed E-state index contributed by atoms with van der Waals surface area (Å²) in [5, 5.41) is 14.0. The number of rotatable bonds is 7. The molecule has 0 aliphatic heterocycles. The fraction of sp³-hybridized carbons (Fsp3) is 0.385. The number of benzene rings is 1. The van der Waals surface area contributed by atoms with Crippen LogP contribution in [0.4, 0.5) is 10.5 Å². The van der Waals surface area contributed by atoms with Gasteiger partial charge in [-0.2, -0.15) is 0 Å². The van der Waals surface area contributed by atoms with Crippen molar-refractivity contribution in [3.8, 4) is 5.75 Å². The molecule has 1 rings (SSSR count). The number of amides is 2. The molecular formula is C13H18N2O5. The van der Waals surface area contributed by atoms with Gasteiger partial charge >= 0.3 is 12.0 Å². The summed E-state index contributed by atoms with van der Waals surface area (Å²) in [5.41, 5.74) is 0.358. The predicted octanol–water partition coefficient (Wildman–Crippen LogP) is 1.55. The van der Waals surface area contributed by atoms with Gasteiger partial charge < -0.3 is 25.2 Å².